The second kappa shape index (κ2) is 9.73. The van der Waals surface area contributed by atoms with Crippen LogP contribution in [0, 0.1) is 0 Å². The van der Waals surface area contributed by atoms with Crippen LogP contribution in [0.15, 0.2) is 34.9 Å². The third kappa shape index (κ3) is 4.55. The summed E-state index contributed by atoms with van der Waals surface area (Å²) in [4.78, 5) is 16.7. The number of hydrogen-bond acceptors (Lipinski definition) is 5. The van der Waals surface area contributed by atoms with Crippen LogP contribution in [0.2, 0.25) is 0 Å². The van der Waals surface area contributed by atoms with Gasteiger partial charge in [0.2, 0.25) is 11.8 Å². The number of piperidine rings is 1. The summed E-state index contributed by atoms with van der Waals surface area (Å²) in [5, 5.41) is 4.43. The Hall–Kier alpha value is -2.34. The molecular weight excluding hydrogens is 354 g/mol. The summed E-state index contributed by atoms with van der Waals surface area (Å²) in [7, 11) is 1.66. The zero-order valence-electron chi connectivity index (χ0n) is 17.2. The first kappa shape index (κ1) is 20.4. The third-order valence-corrected chi connectivity index (χ3v) is 5.45. The van der Waals surface area contributed by atoms with Gasteiger partial charge in [-0.1, -0.05) is 42.4 Å². The largest absolute Gasteiger partial charge is 0.383 e. The summed E-state index contributed by atoms with van der Waals surface area (Å²) in [5.41, 5.74) is 2.81. The second-order valence-corrected chi connectivity index (χ2v) is 7.38. The highest BCUT2D eigenvalue weighted by Gasteiger charge is 2.29. The van der Waals surface area contributed by atoms with Crippen LogP contribution in [0.3, 0.4) is 0 Å². The van der Waals surface area contributed by atoms with E-state index in [-0.39, 0.29) is 5.91 Å². The number of methoxy groups -OCH3 is 1. The van der Waals surface area contributed by atoms with Gasteiger partial charge in [-0.05, 0) is 26.2 Å². The van der Waals surface area contributed by atoms with Crippen LogP contribution in [0.25, 0.3) is 11.3 Å². The number of amides is 1. The predicted octanol–water partition coefficient (Wildman–Crippen LogP) is 4.11. The fourth-order valence-electron chi connectivity index (χ4n) is 3.80. The monoisotopic (exact) mass is 385 g/mol. The number of benzene rings is 1. The Labute approximate surface area is 167 Å². The van der Waals surface area contributed by atoms with Crippen LogP contribution >= 0.6 is 0 Å². The van der Waals surface area contributed by atoms with Crippen molar-refractivity contribution in [2.75, 3.05) is 31.7 Å². The normalized spacial score (nSPS) is 17.0. The molecule has 1 aromatic carbocycles. The van der Waals surface area contributed by atoms with Crippen molar-refractivity contribution >= 4 is 11.8 Å². The number of carbonyl (C=O) groups is 1. The maximum absolute atomic E-state index is 12.5. The number of aromatic nitrogens is 1. The molecule has 28 heavy (non-hydrogen) atoms. The van der Waals surface area contributed by atoms with E-state index in [1.807, 2.05) is 42.2 Å². The van der Waals surface area contributed by atoms with E-state index >= 15 is 0 Å². The second-order valence-electron chi connectivity index (χ2n) is 7.38. The molecule has 0 N–H and O–H groups in total. The minimum absolute atomic E-state index is 0.106. The van der Waals surface area contributed by atoms with Crippen molar-refractivity contribution in [2.24, 2.45) is 0 Å². The molecule has 0 bridgehead atoms. The maximum Gasteiger partial charge on any atom is 0.233 e. The quantitative estimate of drug-likeness (QED) is 0.684. The Morgan fingerprint density at radius 1 is 1.32 bits per heavy atom. The molecule has 1 fully saturated rings. The highest BCUT2D eigenvalue weighted by Crippen LogP contribution is 2.35. The standard InChI is InChI=1S/C22H31N3O3/c1-4-20(26)24(14-15-27-3)16-19-21(18-11-6-5-7-12-18)23-28-22(19)25-13-9-8-10-17(25)2/h5-7,11-12,17H,4,8-10,13-16H2,1-3H3/t17-/m0/s1. The fourth-order valence-corrected chi connectivity index (χ4v) is 3.80. The van der Waals surface area contributed by atoms with Gasteiger partial charge < -0.3 is 19.1 Å². The zero-order chi connectivity index (χ0) is 19.9. The summed E-state index contributed by atoms with van der Waals surface area (Å²) in [6.07, 6.45) is 3.99. The van der Waals surface area contributed by atoms with Crippen molar-refractivity contribution < 1.29 is 14.1 Å². The van der Waals surface area contributed by atoms with Crippen molar-refractivity contribution in [3.05, 3.63) is 35.9 Å². The number of ether oxygens (including phenoxy) is 1. The Bertz CT molecular complexity index is 760. The van der Waals surface area contributed by atoms with E-state index in [1.165, 1.54) is 6.42 Å². The average Bonchev–Trinajstić information content (AvgIpc) is 3.14. The first-order valence-electron chi connectivity index (χ1n) is 10.2. The fraction of sp³-hybridized carbons (Fsp3) is 0.545. The Balaban J connectivity index is 1.99. The third-order valence-electron chi connectivity index (χ3n) is 5.45. The van der Waals surface area contributed by atoms with E-state index in [0.29, 0.717) is 32.2 Å². The van der Waals surface area contributed by atoms with E-state index in [4.69, 9.17) is 9.26 Å². The topological polar surface area (TPSA) is 58.8 Å². The number of anilines is 1. The van der Waals surface area contributed by atoms with Crippen molar-refractivity contribution in [3.63, 3.8) is 0 Å². The number of nitrogens with zero attached hydrogens (tertiary/aromatic N) is 3. The van der Waals surface area contributed by atoms with Crippen molar-refractivity contribution in [1.29, 1.82) is 0 Å². The molecule has 6 heteroatoms. The van der Waals surface area contributed by atoms with Crippen LogP contribution in [0.1, 0.15) is 45.1 Å². The summed E-state index contributed by atoms with van der Waals surface area (Å²) < 4.78 is 11.1. The van der Waals surface area contributed by atoms with E-state index in [1.54, 1.807) is 7.11 Å². The molecule has 152 valence electrons. The van der Waals surface area contributed by atoms with Crippen molar-refractivity contribution in [1.82, 2.24) is 10.1 Å². The number of hydrogen-bond donors (Lipinski definition) is 0. The van der Waals surface area contributed by atoms with Crippen LogP contribution in [0.5, 0.6) is 0 Å². The van der Waals surface area contributed by atoms with Gasteiger partial charge in [-0.2, -0.15) is 0 Å². The Morgan fingerprint density at radius 2 is 2.11 bits per heavy atom. The lowest BCUT2D eigenvalue weighted by atomic mass is 10.0. The predicted molar refractivity (Wildman–Crippen MR) is 110 cm³/mol. The lowest BCUT2D eigenvalue weighted by molar-refractivity contribution is -0.132. The van der Waals surface area contributed by atoms with Gasteiger partial charge in [0.1, 0.15) is 5.69 Å². The summed E-state index contributed by atoms with van der Waals surface area (Å²) in [5.74, 6) is 0.910. The molecule has 0 aliphatic carbocycles. The molecule has 0 saturated carbocycles. The van der Waals surface area contributed by atoms with Crippen molar-refractivity contribution in [3.8, 4) is 11.3 Å². The lowest BCUT2D eigenvalue weighted by Gasteiger charge is -2.34. The van der Waals surface area contributed by atoms with Crippen LogP contribution < -0.4 is 4.90 Å². The van der Waals surface area contributed by atoms with Gasteiger partial charge in [-0.3, -0.25) is 4.79 Å². The van der Waals surface area contributed by atoms with Crippen LogP contribution in [-0.4, -0.2) is 48.8 Å². The number of rotatable bonds is 8. The van der Waals surface area contributed by atoms with Gasteiger partial charge in [-0.25, -0.2) is 0 Å². The first-order valence-corrected chi connectivity index (χ1v) is 10.2. The highest BCUT2D eigenvalue weighted by atomic mass is 16.5. The van der Waals surface area contributed by atoms with E-state index in [2.05, 4.69) is 17.0 Å². The molecule has 1 saturated heterocycles. The SMILES string of the molecule is CCC(=O)N(CCOC)Cc1c(-c2ccccc2)noc1N1CCCC[C@@H]1C. The highest BCUT2D eigenvalue weighted by molar-refractivity contribution is 5.77. The molecule has 0 radical (unpaired) electrons. The van der Waals surface area contributed by atoms with Crippen LogP contribution in [-0.2, 0) is 16.1 Å². The molecule has 3 rings (SSSR count). The summed E-state index contributed by atoms with van der Waals surface area (Å²) >= 11 is 0. The number of carbonyl (C=O) groups excluding carboxylic acids is 1. The lowest BCUT2D eigenvalue weighted by Crippen LogP contribution is -2.39. The van der Waals surface area contributed by atoms with Gasteiger partial charge in [0, 0.05) is 38.2 Å². The molecule has 1 aliphatic heterocycles. The zero-order valence-corrected chi connectivity index (χ0v) is 17.2. The molecule has 2 aromatic rings. The van der Waals surface area contributed by atoms with E-state index in [0.717, 1.165) is 42.1 Å². The first-order chi connectivity index (χ1) is 13.7. The van der Waals surface area contributed by atoms with Gasteiger partial charge in [0.15, 0.2) is 0 Å². The molecular formula is C22H31N3O3. The minimum Gasteiger partial charge on any atom is -0.383 e. The molecule has 1 aromatic heterocycles. The van der Waals surface area contributed by atoms with Crippen LogP contribution in [0.4, 0.5) is 5.88 Å². The maximum atomic E-state index is 12.5. The molecule has 1 aliphatic rings. The molecule has 0 unspecified atom stereocenters. The summed E-state index contributed by atoms with van der Waals surface area (Å²) in [6, 6.07) is 10.5. The smallest absolute Gasteiger partial charge is 0.233 e. The van der Waals surface area contributed by atoms with E-state index < -0.39 is 0 Å². The van der Waals surface area contributed by atoms with Gasteiger partial charge >= 0.3 is 0 Å². The molecule has 1 amide bonds. The van der Waals surface area contributed by atoms with Crippen molar-refractivity contribution in [2.45, 2.75) is 52.1 Å². The average molecular weight is 386 g/mol. The Morgan fingerprint density at radius 3 is 2.79 bits per heavy atom. The van der Waals surface area contributed by atoms with Gasteiger partial charge in [0.25, 0.3) is 0 Å². The minimum atomic E-state index is 0.106. The molecule has 2 heterocycles. The van der Waals surface area contributed by atoms with Gasteiger partial charge in [-0.15, -0.1) is 0 Å². The van der Waals surface area contributed by atoms with Gasteiger partial charge in [0.05, 0.1) is 18.7 Å². The molecule has 1 atom stereocenters. The molecule has 6 nitrogen and oxygen atoms in total. The Kier molecular flexibility index (Phi) is 7.09. The van der Waals surface area contributed by atoms with E-state index in [9.17, 15) is 4.79 Å². The molecule has 0 spiro atoms. The summed E-state index contributed by atoms with van der Waals surface area (Å²) in [6.45, 7) is 6.61.